The normalized spacial score (nSPS) is 12.2. The molecule has 1 aromatic carbocycles. The van der Waals surface area contributed by atoms with Crippen molar-refractivity contribution in [3.8, 4) is 0 Å². The first-order valence-electron chi connectivity index (χ1n) is 5.01. The van der Waals surface area contributed by atoms with Gasteiger partial charge in [-0.15, -0.1) is 11.8 Å². The molecule has 5 heteroatoms. The maximum absolute atomic E-state index is 11.0. The van der Waals surface area contributed by atoms with Crippen LogP contribution in [0.2, 0.25) is 0 Å². The molecule has 0 aliphatic rings. The summed E-state index contributed by atoms with van der Waals surface area (Å²) in [5, 5.41) is 9.06. The van der Waals surface area contributed by atoms with Gasteiger partial charge in [-0.05, 0) is 17.7 Å². The van der Waals surface area contributed by atoms with Crippen LogP contribution in [0.15, 0.2) is 29.2 Å². The van der Waals surface area contributed by atoms with E-state index < -0.39 is 0 Å². The molecule has 4 nitrogen and oxygen atoms in total. The van der Waals surface area contributed by atoms with Gasteiger partial charge in [0.2, 0.25) is 5.91 Å². The molecule has 1 unspecified atom stereocenters. The van der Waals surface area contributed by atoms with Gasteiger partial charge in [-0.25, -0.2) is 5.84 Å². The topological polar surface area (TPSA) is 75.4 Å². The second-order valence-electron chi connectivity index (χ2n) is 3.50. The molecule has 0 spiro atoms. The average Bonchev–Trinajstić information content (AvgIpc) is 2.29. The van der Waals surface area contributed by atoms with Crippen molar-refractivity contribution in [2.45, 2.75) is 30.1 Å². The highest BCUT2D eigenvalue weighted by molar-refractivity contribution is 8.00. The SMILES string of the molecule is CC(CC(=O)NN)Sc1ccc(CO)cc1. The van der Waals surface area contributed by atoms with Crippen molar-refractivity contribution >= 4 is 17.7 Å². The first-order chi connectivity index (χ1) is 7.65. The van der Waals surface area contributed by atoms with Crippen LogP contribution in [-0.4, -0.2) is 16.3 Å². The minimum Gasteiger partial charge on any atom is -0.392 e. The molecule has 16 heavy (non-hydrogen) atoms. The molecule has 1 aromatic rings. The molecule has 0 aromatic heterocycles. The van der Waals surface area contributed by atoms with Crippen LogP contribution in [0, 0.1) is 0 Å². The number of thioether (sulfide) groups is 1. The molecule has 1 rings (SSSR count). The molecular formula is C11H16N2O2S. The first-order valence-corrected chi connectivity index (χ1v) is 5.89. The van der Waals surface area contributed by atoms with Crippen molar-refractivity contribution < 1.29 is 9.90 Å². The quantitative estimate of drug-likeness (QED) is 0.311. The fraction of sp³-hybridized carbons (Fsp3) is 0.364. The number of hydrogen-bond acceptors (Lipinski definition) is 4. The molecule has 0 aliphatic heterocycles. The third-order valence-electron chi connectivity index (χ3n) is 2.08. The van der Waals surface area contributed by atoms with E-state index in [0.717, 1.165) is 10.5 Å². The number of amides is 1. The predicted molar refractivity (Wildman–Crippen MR) is 64.6 cm³/mol. The molecule has 0 radical (unpaired) electrons. The minimum absolute atomic E-state index is 0.0517. The van der Waals surface area contributed by atoms with Crippen molar-refractivity contribution in [3.05, 3.63) is 29.8 Å². The van der Waals surface area contributed by atoms with Crippen LogP contribution < -0.4 is 11.3 Å². The molecular weight excluding hydrogens is 224 g/mol. The predicted octanol–water partition coefficient (Wildman–Crippen LogP) is 1.04. The number of aliphatic hydroxyl groups excluding tert-OH is 1. The van der Waals surface area contributed by atoms with E-state index in [0.29, 0.717) is 6.42 Å². The lowest BCUT2D eigenvalue weighted by Gasteiger charge is -2.10. The van der Waals surface area contributed by atoms with Crippen molar-refractivity contribution in [2.75, 3.05) is 0 Å². The number of carbonyl (C=O) groups is 1. The third-order valence-corrected chi connectivity index (χ3v) is 3.19. The summed E-state index contributed by atoms with van der Waals surface area (Å²) in [6, 6.07) is 7.62. The summed E-state index contributed by atoms with van der Waals surface area (Å²) in [5.41, 5.74) is 3.00. The standard InChI is InChI=1S/C11H16N2O2S/c1-8(6-11(15)13-12)16-10-4-2-9(7-14)3-5-10/h2-5,8,14H,6-7,12H2,1H3,(H,13,15). The Bertz CT molecular complexity index is 340. The Kier molecular flexibility index (Phi) is 5.31. The molecule has 0 saturated carbocycles. The number of aliphatic hydroxyl groups is 1. The van der Waals surface area contributed by atoms with Gasteiger partial charge in [0.25, 0.3) is 0 Å². The van der Waals surface area contributed by atoms with Crippen molar-refractivity contribution in [2.24, 2.45) is 5.84 Å². The van der Waals surface area contributed by atoms with Crippen molar-refractivity contribution in [1.82, 2.24) is 5.43 Å². The van der Waals surface area contributed by atoms with E-state index in [1.807, 2.05) is 31.2 Å². The van der Waals surface area contributed by atoms with Crippen LogP contribution in [-0.2, 0) is 11.4 Å². The van der Waals surface area contributed by atoms with E-state index in [2.05, 4.69) is 5.43 Å². The third kappa shape index (κ3) is 4.22. The van der Waals surface area contributed by atoms with E-state index in [-0.39, 0.29) is 17.8 Å². The highest BCUT2D eigenvalue weighted by Crippen LogP contribution is 2.25. The van der Waals surface area contributed by atoms with Gasteiger partial charge in [-0.3, -0.25) is 10.2 Å². The zero-order valence-corrected chi connectivity index (χ0v) is 9.96. The van der Waals surface area contributed by atoms with Crippen molar-refractivity contribution in [3.63, 3.8) is 0 Å². The summed E-state index contributed by atoms with van der Waals surface area (Å²) in [5.74, 6) is 4.85. The molecule has 0 fully saturated rings. The van der Waals surface area contributed by atoms with Gasteiger partial charge in [0.05, 0.1) is 6.61 Å². The molecule has 4 N–H and O–H groups in total. The van der Waals surface area contributed by atoms with Crippen molar-refractivity contribution in [1.29, 1.82) is 0 Å². The van der Waals surface area contributed by atoms with Gasteiger partial charge in [-0.2, -0.15) is 0 Å². The number of nitrogens with two attached hydrogens (primary N) is 1. The fourth-order valence-electron chi connectivity index (χ4n) is 1.27. The Morgan fingerprint density at radius 1 is 1.50 bits per heavy atom. The van der Waals surface area contributed by atoms with Gasteiger partial charge >= 0.3 is 0 Å². The van der Waals surface area contributed by atoms with Gasteiger partial charge in [-0.1, -0.05) is 19.1 Å². The van der Waals surface area contributed by atoms with Crippen LogP contribution >= 0.6 is 11.8 Å². The second kappa shape index (κ2) is 6.52. The van der Waals surface area contributed by atoms with Crippen LogP contribution in [0.1, 0.15) is 18.9 Å². The Morgan fingerprint density at radius 3 is 2.62 bits per heavy atom. The van der Waals surface area contributed by atoms with E-state index in [9.17, 15) is 4.79 Å². The van der Waals surface area contributed by atoms with Gasteiger partial charge < -0.3 is 5.11 Å². The lowest BCUT2D eigenvalue weighted by Crippen LogP contribution is -2.31. The van der Waals surface area contributed by atoms with Gasteiger partial charge in [0.1, 0.15) is 0 Å². The summed E-state index contributed by atoms with van der Waals surface area (Å²) in [6.45, 7) is 2.02. The summed E-state index contributed by atoms with van der Waals surface area (Å²) >= 11 is 1.61. The molecule has 88 valence electrons. The monoisotopic (exact) mass is 240 g/mol. The summed E-state index contributed by atoms with van der Waals surface area (Å²) in [7, 11) is 0. The smallest absolute Gasteiger partial charge is 0.234 e. The van der Waals surface area contributed by atoms with Gasteiger partial charge in [0, 0.05) is 16.6 Å². The largest absolute Gasteiger partial charge is 0.392 e. The number of hydrazine groups is 1. The first kappa shape index (κ1) is 13.0. The molecule has 1 amide bonds. The van der Waals surface area contributed by atoms with E-state index in [1.54, 1.807) is 11.8 Å². The van der Waals surface area contributed by atoms with Gasteiger partial charge in [0.15, 0.2) is 0 Å². The molecule has 1 atom stereocenters. The summed E-state index contributed by atoms with van der Waals surface area (Å²) < 4.78 is 0. The maximum atomic E-state index is 11.0. The number of benzene rings is 1. The Hall–Kier alpha value is -1.04. The number of hydrogen-bond donors (Lipinski definition) is 3. The summed E-state index contributed by atoms with van der Waals surface area (Å²) in [6.07, 6.45) is 0.392. The van der Waals surface area contributed by atoms with E-state index in [1.165, 1.54) is 0 Å². The average molecular weight is 240 g/mol. The van der Waals surface area contributed by atoms with Crippen LogP contribution in [0.5, 0.6) is 0 Å². The Balaban J connectivity index is 2.49. The molecule has 0 heterocycles. The lowest BCUT2D eigenvalue weighted by atomic mass is 10.2. The van der Waals surface area contributed by atoms with Crippen LogP contribution in [0.3, 0.4) is 0 Å². The second-order valence-corrected chi connectivity index (χ2v) is 5.01. The zero-order valence-electron chi connectivity index (χ0n) is 9.14. The minimum atomic E-state index is -0.160. The molecule has 0 saturated heterocycles. The van der Waals surface area contributed by atoms with E-state index in [4.69, 9.17) is 10.9 Å². The van der Waals surface area contributed by atoms with Crippen LogP contribution in [0.25, 0.3) is 0 Å². The fourth-order valence-corrected chi connectivity index (χ4v) is 2.26. The van der Waals surface area contributed by atoms with E-state index >= 15 is 0 Å². The maximum Gasteiger partial charge on any atom is 0.234 e. The summed E-state index contributed by atoms with van der Waals surface area (Å²) in [4.78, 5) is 12.1. The van der Waals surface area contributed by atoms with Crippen LogP contribution in [0.4, 0.5) is 0 Å². The lowest BCUT2D eigenvalue weighted by molar-refractivity contribution is -0.121. The number of rotatable bonds is 5. The number of carbonyl (C=O) groups excluding carboxylic acids is 1. The molecule has 0 aliphatic carbocycles. The Morgan fingerprint density at radius 2 is 2.12 bits per heavy atom. The molecule has 0 bridgehead atoms. The number of nitrogens with one attached hydrogen (secondary N) is 1. The highest BCUT2D eigenvalue weighted by atomic mass is 32.2. The zero-order chi connectivity index (χ0) is 12.0. The highest BCUT2D eigenvalue weighted by Gasteiger charge is 2.09. The Labute approximate surface area is 99.2 Å².